The zero-order chi connectivity index (χ0) is 15.3. The summed E-state index contributed by atoms with van der Waals surface area (Å²) in [4.78, 5) is 7.43. The Morgan fingerprint density at radius 2 is 2.00 bits per heavy atom. The van der Waals surface area contributed by atoms with Crippen molar-refractivity contribution in [2.24, 2.45) is 0 Å². The lowest BCUT2D eigenvalue weighted by atomic mass is 10.0. The first kappa shape index (κ1) is 14.6. The molecule has 1 saturated heterocycles. The number of H-pyrrole nitrogens is 1. The van der Waals surface area contributed by atoms with Crippen LogP contribution in [0, 0.1) is 18.5 Å². The van der Waals surface area contributed by atoms with Crippen LogP contribution in [-0.2, 0) is 4.74 Å². The van der Waals surface area contributed by atoms with Crippen molar-refractivity contribution in [3.63, 3.8) is 0 Å². The quantitative estimate of drug-likeness (QED) is 0.703. The molecule has 2 aromatic rings. The van der Waals surface area contributed by atoms with E-state index in [1.54, 1.807) is 13.1 Å². The molecule has 0 saturated carbocycles. The van der Waals surface area contributed by atoms with Crippen molar-refractivity contribution < 1.29 is 14.9 Å². The van der Waals surface area contributed by atoms with Crippen molar-refractivity contribution in [2.75, 3.05) is 0 Å². The molecule has 1 aliphatic rings. The number of pyridine rings is 2. The lowest BCUT2D eigenvalue weighted by Gasteiger charge is -2.16. The summed E-state index contributed by atoms with van der Waals surface area (Å²) in [6.07, 6.45) is -1.13. The van der Waals surface area contributed by atoms with Gasteiger partial charge in [0.15, 0.2) is 0 Å². The summed E-state index contributed by atoms with van der Waals surface area (Å²) < 4.78 is 6.14. The molecule has 0 spiro atoms. The van der Waals surface area contributed by atoms with Crippen LogP contribution in [0.4, 0.5) is 0 Å². The van der Waals surface area contributed by atoms with Crippen LogP contribution in [-0.4, -0.2) is 38.5 Å². The number of aromatic nitrogens is 2. The van der Waals surface area contributed by atoms with Gasteiger partial charge in [0, 0.05) is 17.1 Å². The van der Waals surface area contributed by atoms with Crippen LogP contribution < -0.4 is 0 Å². The van der Waals surface area contributed by atoms with E-state index in [0.29, 0.717) is 15.9 Å². The van der Waals surface area contributed by atoms with Crippen LogP contribution in [0.1, 0.15) is 29.7 Å². The van der Waals surface area contributed by atoms with Gasteiger partial charge in [-0.3, -0.25) is 0 Å². The standard InChI is InChI=1S/C15H18N2O3S/c1-6-5-16-14-9(7(6)2)4-10(15(21)17-14)13-12(19)11(18)8(3)20-13/h4-5,8,11-13,18-19H,1-3H3,(H,16,17,21)/t8-,11?,12+,13+/m1/s1. The molecule has 0 bridgehead atoms. The Labute approximate surface area is 127 Å². The van der Waals surface area contributed by atoms with Crippen LogP contribution in [0.25, 0.3) is 11.0 Å². The second-order valence-electron chi connectivity index (χ2n) is 5.63. The Kier molecular flexibility index (Phi) is 3.57. The molecule has 3 heterocycles. The smallest absolute Gasteiger partial charge is 0.138 e. The van der Waals surface area contributed by atoms with Gasteiger partial charge < -0.3 is 19.9 Å². The normalized spacial score (nSPS) is 29.2. The second-order valence-corrected chi connectivity index (χ2v) is 6.03. The number of rotatable bonds is 1. The van der Waals surface area contributed by atoms with Gasteiger partial charge in [-0.1, -0.05) is 12.2 Å². The molecule has 0 aromatic carbocycles. The minimum atomic E-state index is -0.981. The van der Waals surface area contributed by atoms with E-state index in [4.69, 9.17) is 17.0 Å². The number of aryl methyl sites for hydroxylation is 2. The average molecular weight is 306 g/mol. The SMILES string of the molecule is Cc1cnc2[nH]c(=S)c([C@@H]3O[C@H](C)C(O)[C@@H]3O)cc2c1C. The third kappa shape index (κ3) is 2.28. The number of hydrogen-bond acceptors (Lipinski definition) is 5. The molecule has 3 rings (SSSR count). The molecule has 4 atom stereocenters. The number of hydrogen-bond donors (Lipinski definition) is 3. The minimum absolute atomic E-state index is 0.424. The summed E-state index contributed by atoms with van der Waals surface area (Å²) in [5, 5.41) is 21.0. The predicted molar refractivity (Wildman–Crippen MR) is 81.7 cm³/mol. The molecular weight excluding hydrogens is 288 g/mol. The van der Waals surface area contributed by atoms with E-state index >= 15 is 0 Å². The molecule has 0 amide bonds. The summed E-state index contributed by atoms with van der Waals surface area (Å²) in [7, 11) is 0. The van der Waals surface area contributed by atoms with E-state index in [-0.39, 0.29) is 0 Å². The molecule has 0 radical (unpaired) electrons. The van der Waals surface area contributed by atoms with Crippen molar-refractivity contribution in [3.8, 4) is 0 Å². The van der Waals surface area contributed by atoms with Crippen molar-refractivity contribution in [2.45, 2.75) is 45.2 Å². The van der Waals surface area contributed by atoms with Crippen molar-refractivity contribution in [1.82, 2.24) is 9.97 Å². The highest BCUT2D eigenvalue weighted by Gasteiger charge is 2.41. The number of fused-ring (bicyclic) bond motifs is 1. The Morgan fingerprint density at radius 3 is 2.62 bits per heavy atom. The Bertz CT molecular complexity index is 758. The lowest BCUT2D eigenvalue weighted by Crippen LogP contribution is -2.28. The third-order valence-corrected chi connectivity index (χ3v) is 4.58. The summed E-state index contributed by atoms with van der Waals surface area (Å²) >= 11 is 5.35. The molecule has 5 nitrogen and oxygen atoms in total. The highest BCUT2D eigenvalue weighted by Crippen LogP contribution is 2.35. The van der Waals surface area contributed by atoms with Gasteiger partial charge in [0.05, 0.1) is 6.10 Å². The van der Waals surface area contributed by atoms with Crippen molar-refractivity contribution in [1.29, 1.82) is 0 Å². The fraction of sp³-hybridized carbons (Fsp3) is 0.467. The molecular formula is C15H18N2O3S. The van der Waals surface area contributed by atoms with Gasteiger partial charge in [-0.15, -0.1) is 0 Å². The van der Waals surface area contributed by atoms with Crippen LogP contribution in [0.2, 0.25) is 0 Å². The fourth-order valence-electron chi connectivity index (χ4n) is 2.71. The second kappa shape index (κ2) is 5.14. The minimum Gasteiger partial charge on any atom is -0.388 e. The number of aliphatic hydroxyl groups is 2. The number of nitrogens with one attached hydrogen (secondary N) is 1. The zero-order valence-electron chi connectivity index (χ0n) is 12.1. The fourth-order valence-corrected chi connectivity index (χ4v) is 2.98. The van der Waals surface area contributed by atoms with Gasteiger partial charge in [-0.05, 0) is 38.0 Å². The number of aliphatic hydroxyl groups excluding tert-OH is 2. The Balaban J connectivity index is 2.18. The first-order valence-electron chi connectivity index (χ1n) is 6.91. The maximum Gasteiger partial charge on any atom is 0.138 e. The van der Waals surface area contributed by atoms with Gasteiger partial charge in [0.25, 0.3) is 0 Å². The van der Waals surface area contributed by atoms with E-state index in [2.05, 4.69) is 9.97 Å². The monoisotopic (exact) mass is 306 g/mol. The molecule has 2 aromatic heterocycles. The first-order chi connectivity index (χ1) is 9.90. The molecule has 3 N–H and O–H groups in total. The van der Waals surface area contributed by atoms with Crippen LogP contribution >= 0.6 is 12.2 Å². The van der Waals surface area contributed by atoms with Crippen LogP contribution in [0.5, 0.6) is 0 Å². The molecule has 1 fully saturated rings. The van der Waals surface area contributed by atoms with E-state index < -0.39 is 24.4 Å². The van der Waals surface area contributed by atoms with E-state index in [0.717, 1.165) is 16.5 Å². The molecule has 0 aliphatic carbocycles. The molecule has 21 heavy (non-hydrogen) atoms. The summed E-state index contributed by atoms with van der Waals surface area (Å²) in [6, 6.07) is 1.90. The topological polar surface area (TPSA) is 78.4 Å². The first-order valence-corrected chi connectivity index (χ1v) is 7.31. The van der Waals surface area contributed by atoms with Gasteiger partial charge in [0.1, 0.15) is 28.6 Å². The molecule has 6 heteroatoms. The van der Waals surface area contributed by atoms with E-state index in [9.17, 15) is 10.2 Å². The van der Waals surface area contributed by atoms with Crippen LogP contribution in [0.15, 0.2) is 12.3 Å². The van der Waals surface area contributed by atoms with Gasteiger partial charge in [0.2, 0.25) is 0 Å². The molecule has 1 aliphatic heterocycles. The Morgan fingerprint density at radius 1 is 1.29 bits per heavy atom. The summed E-state index contributed by atoms with van der Waals surface area (Å²) in [5.74, 6) is 0. The summed E-state index contributed by atoms with van der Waals surface area (Å²) in [6.45, 7) is 5.75. The van der Waals surface area contributed by atoms with Crippen molar-refractivity contribution in [3.05, 3.63) is 33.6 Å². The highest BCUT2D eigenvalue weighted by molar-refractivity contribution is 7.71. The lowest BCUT2D eigenvalue weighted by molar-refractivity contribution is 0.0148. The van der Waals surface area contributed by atoms with E-state index in [1.165, 1.54) is 0 Å². The number of ether oxygens (including phenoxy) is 1. The molecule has 1 unspecified atom stereocenters. The molecule has 112 valence electrons. The average Bonchev–Trinajstić information content (AvgIpc) is 2.70. The highest BCUT2D eigenvalue weighted by atomic mass is 32.1. The van der Waals surface area contributed by atoms with Gasteiger partial charge in [-0.2, -0.15) is 0 Å². The van der Waals surface area contributed by atoms with Crippen LogP contribution in [0.3, 0.4) is 0 Å². The maximum absolute atomic E-state index is 10.2. The van der Waals surface area contributed by atoms with Crippen molar-refractivity contribution >= 4 is 23.3 Å². The maximum atomic E-state index is 10.2. The Hall–Kier alpha value is -1.34. The number of nitrogens with zero attached hydrogens (tertiary/aromatic N) is 1. The zero-order valence-corrected chi connectivity index (χ0v) is 12.9. The number of aromatic amines is 1. The van der Waals surface area contributed by atoms with E-state index in [1.807, 2.05) is 19.9 Å². The van der Waals surface area contributed by atoms with Gasteiger partial charge in [-0.25, -0.2) is 4.98 Å². The third-order valence-electron chi connectivity index (χ3n) is 4.24. The predicted octanol–water partition coefficient (Wildman–Crippen LogP) is 2.09. The largest absolute Gasteiger partial charge is 0.388 e. The van der Waals surface area contributed by atoms with Gasteiger partial charge >= 0.3 is 0 Å². The summed E-state index contributed by atoms with van der Waals surface area (Å²) in [5.41, 5.74) is 3.59.